The van der Waals surface area contributed by atoms with Crippen LogP contribution in [0.25, 0.3) is 22.5 Å². The lowest BCUT2D eigenvalue weighted by molar-refractivity contribution is 0.0925. The molecule has 0 spiro atoms. The van der Waals surface area contributed by atoms with Gasteiger partial charge in [0.1, 0.15) is 0 Å². The SMILES string of the molecule is CC(C)(C)c1cccc(C(C)(C)C)c1N1C(=O)c2ccc(-c3ccc[nH]3)c(-c3ccc[nH]3)c2C1=O. The van der Waals surface area contributed by atoms with Crippen LogP contribution in [0, 0.1) is 0 Å². The largest absolute Gasteiger partial charge is 0.361 e. The molecule has 0 saturated heterocycles. The minimum atomic E-state index is -0.287. The Hall–Kier alpha value is -3.86. The number of fused-ring (bicyclic) bond motifs is 1. The molecule has 0 aliphatic carbocycles. The van der Waals surface area contributed by atoms with Gasteiger partial charge in [-0.2, -0.15) is 0 Å². The number of hydrogen-bond acceptors (Lipinski definition) is 2. The number of carbonyl (C=O) groups is 2. The topological polar surface area (TPSA) is 69.0 Å². The van der Waals surface area contributed by atoms with E-state index < -0.39 is 0 Å². The third kappa shape index (κ3) is 3.63. The second kappa shape index (κ2) is 7.84. The number of carbonyl (C=O) groups excluding carboxylic acids is 2. The van der Waals surface area contributed by atoms with Gasteiger partial charge in [0.15, 0.2) is 0 Å². The minimum absolute atomic E-state index is 0.260. The molecule has 3 heterocycles. The third-order valence-corrected chi connectivity index (χ3v) is 6.69. The van der Waals surface area contributed by atoms with Crippen molar-refractivity contribution in [3.8, 4) is 22.5 Å². The van der Waals surface area contributed by atoms with Crippen molar-refractivity contribution in [3.05, 3.63) is 89.2 Å². The number of nitrogens with one attached hydrogen (secondary N) is 2. The van der Waals surface area contributed by atoms with Crippen LogP contribution in [-0.4, -0.2) is 21.8 Å². The molecule has 2 N–H and O–H groups in total. The van der Waals surface area contributed by atoms with Crippen LogP contribution >= 0.6 is 0 Å². The lowest BCUT2D eigenvalue weighted by atomic mass is 9.78. The van der Waals surface area contributed by atoms with Gasteiger partial charge in [0.05, 0.1) is 16.8 Å². The van der Waals surface area contributed by atoms with E-state index in [4.69, 9.17) is 0 Å². The number of benzene rings is 2. The first-order valence-corrected chi connectivity index (χ1v) is 12.0. The maximum atomic E-state index is 14.3. The quantitative estimate of drug-likeness (QED) is 0.318. The minimum Gasteiger partial charge on any atom is -0.361 e. The predicted molar refractivity (Wildman–Crippen MR) is 141 cm³/mol. The maximum absolute atomic E-state index is 14.3. The highest BCUT2D eigenvalue weighted by molar-refractivity contribution is 6.37. The van der Waals surface area contributed by atoms with Crippen molar-refractivity contribution in [2.75, 3.05) is 4.90 Å². The summed E-state index contributed by atoms with van der Waals surface area (Å²) in [5.74, 6) is -0.566. The molecule has 5 rings (SSSR count). The van der Waals surface area contributed by atoms with Gasteiger partial charge in [-0.25, -0.2) is 4.90 Å². The van der Waals surface area contributed by atoms with Crippen molar-refractivity contribution in [1.82, 2.24) is 9.97 Å². The van der Waals surface area contributed by atoms with Crippen LogP contribution in [0.4, 0.5) is 5.69 Å². The second-order valence-electron chi connectivity index (χ2n) is 11.2. The fourth-order valence-corrected chi connectivity index (χ4v) is 5.01. The van der Waals surface area contributed by atoms with Gasteiger partial charge in [-0.3, -0.25) is 9.59 Å². The van der Waals surface area contributed by atoms with Crippen molar-refractivity contribution < 1.29 is 9.59 Å². The monoisotopic (exact) mass is 465 g/mol. The van der Waals surface area contributed by atoms with Crippen LogP contribution in [0.5, 0.6) is 0 Å². The van der Waals surface area contributed by atoms with E-state index in [-0.39, 0.29) is 22.6 Å². The Morgan fingerprint density at radius 2 is 1.14 bits per heavy atom. The van der Waals surface area contributed by atoms with E-state index in [1.807, 2.05) is 60.9 Å². The molecule has 0 unspecified atom stereocenters. The van der Waals surface area contributed by atoms with Crippen LogP contribution in [0.15, 0.2) is 67.0 Å². The molecule has 0 saturated carbocycles. The number of anilines is 1. The molecule has 1 aliphatic heterocycles. The summed E-state index contributed by atoms with van der Waals surface area (Å²) in [6.07, 6.45) is 3.69. The molecule has 0 atom stereocenters. The molecule has 35 heavy (non-hydrogen) atoms. The molecule has 2 aromatic heterocycles. The summed E-state index contributed by atoms with van der Waals surface area (Å²) in [5.41, 5.74) is 6.31. The Labute approximate surface area is 206 Å². The highest BCUT2D eigenvalue weighted by Gasteiger charge is 2.43. The molecule has 2 amide bonds. The number of amides is 2. The van der Waals surface area contributed by atoms with Gasteiger partial charge in [-0.1, -0.05) is 65.8 Å². The zero-order valence-corrected chi connectivity index (χ0v) is 21.1. The van der Waals surface area contributed by atoms with E-state index >= 15 is 0 Å². The standard InChI is InChI=1S/C30H31N3O2/c1-29(2,3)20-10-7-11-21(30(4,5)6)26(20)33-27(34)19-15-14-18(22-12-8-16-31-22)24(25(19)28(33)35)23-13-9-17-32-23/h7-17,31-32H,1-6H3. The number of aromatic amines is 2. The first-order chi connectivity index (χ1) is 16.5. The lowest BCUT2D eigenvalue weighted by Crippen LogP contribution is -2.35. The summed E-state index contributed by atoms with van der Waals surface area (Å²) in [6.45, 7) is 12.7. The summed E-state index contributed by atoms with van der Waals surface area (Å²) in [4.78, 5) is 36.2. The van der Waals surface area contributed by atoms with Gasteiger partial charge in [-0.15, -0.1) is 0 Å². The summed E-state index contributed by atoms with van der Waals surface area (Å²) in [5, 5.41) is 0. The van der Waals surface area contributed by atoms with E-state index in [1.165, 1.54) is 4.90 Å². The molecule has 1 aliphatic rings. The number of H-pyrrole nitrogens is 2. The smallest absolute Gasteiger partial charge is 0.266 e. The van der Waals surface area contributed by atoms with Crippen molar-refractivity contribution in [3.63, 3.8) is 0 Å². The predicted octanol–water partition coefficient (Wildman–Crippen LogP) is 7.07. The Bertz CT molecular complexity index is 1400. The van der Waals surface area contributed by atoms with Gasteiger partial charge in [0, 0.05) is 34.9 Å². The van der Waals surface area contributed by atoms with Crippen LogP contribution < -0.4 is 4.90 Å². The highest BCUT2D eigenvalue weighted by atomic mass is 16.2. The summed E-state index contributed by atoms with van der Waals surface area (Å²) < 4.78 is 0. The molecule has 0 radical (unpaired) electrons. The molecular formula is C30H31N3O2. The maximum Gasteiger partial charge on any atom is 0.266 e. The van der Waals surface area contributed by atoms with Crippen molar-refractivity contribution >= 4 is 17.5 Å². The van der Waals surface area contributed by atoms with Crippen LogP contribution in [0.3, 0.4) is 0 Å². The van der Waals surface area contributed by atoms with Crippen LogP contribution in [-0.2, 0) is 10.8 Å². The summed E-state index contributed by atoms with van der Waals surface area (Å²) in [7, 11) is 0. The van der Waals surface area contributed by atoms with Gasteiger partial charge < -0.3 is 9.97 Å². The Balaban J connectivity index is 1.80. The number of rotatable bonds is 3. The summed E-state index contributed by atoms with van der Waals surface area (Å²) >= 11 is 0. The van der Waals surface area contributed by atoms with E-state index in [1.54, 1.807) is 6.07 Å². The molecule has 178 valence electrons. The van der Waals surface area contributed by atoms with Gasteiger partial charge >= 0.3 is 0 Å². The van der Waals surface area contributed by atoms with Crippen LogP contribution in [0.2, 0.25) is 0 Å². The Morgan fingerprint density at radius 1 is 0.600 bits per heavy atom. The number of imide groups is 1. The van der Waals surface area contributed by atoms with Gasteiger partial charge in [0.2, 0.25) is 0 Å². The molecule has 0 fully saturated rings. The average Bonchev–Trinajstić information content (AvgIpc) is 3.54. The number of aromatic nitrogens is 2. The van der Waals surface area contributed by atoms with Crippen molar-refractivity contribution in [2.45, 2.75) is 52.4 Å². The molecule has 4 aromatic rings. The molecular weight excluding hydrogens is 434 g/mol. The zero-order chi connectivity index (χ0) is 25.1. The Morgan fingerprint density at radius 3 is 1.66 bits per heavy atom. The number of para-hydroxylation sites is 1. The first-order valence-electron chi connectivity index (χ1n) is 12.0. The van der Waals surface area contributed by atoms with E-state index in [2.05, 4.69) is 51.5 Å². The van der Waals surface area contributed by atoms with Crippen LogP contribution in [0.1, 0.15) is 73.4 Å². The Kier molecular flexibility index (Phi) is 5.13. The zero-order valence-electron chi connectivity index (χ0n) is 21.1. The average molecular weight is 466 g/mol. The van der Waals surface area contributed by atoms with Gasteiger partial charge in [-0.05, 0) is 52.3 Å². The lowest BCUT2D eigenvalue weighted by Gasteiger charge is -2.33. The molecule has 5 heteroatoms. The third-order valence-electron chi connectivity index (χ3n) is 6.69. The van der Waals surface area contributed by atoms with E-state index in [9.17, 15) is 9.59 Å². The number of nitrogens with zero attached hydrogens (tertiary/aromatic N) is 1. The fraction of sp³-hybridized carbons (Fsp3) is 0.267. The van der Waals surface area contributed by atoms with Crippen molar-refractivity contribution in [2.24, 2.45) is 0 Å². The first kappa shape index (κ1) is 22.9. The molecule has 2 aromatic carbocycles. The fourth-order valence-electron chi connectivity index (χ4n) is 5.01. The highest BCUT2D eigenvalue weighted by Crippen LogP contribution is 2.45. The normalized spacial score (nSPS) is 14.1. The van der Waals surface area contributed by atoms with Gasteiger partial charge in [0.25, 0.3) is 11.8 Å². The second-order valence-corrected chi connectivity index (χ2v) is 11.2. The molecule has 5 nitrogen and oxygen atoms in total. The van der Waals surface area contributed by atoms with E-state index in [0.29, 0.717) is 16.8 Å². The summed E-state index contributed by atoms with van der Waals surface area (Å²) in [6, 6.07) is 17.5. The van der Waals surface area contributed by atoms with Crippen molar-refractivity contribution in [1.29, 1.82) is 0 Å². The van der Waals surface area contributed by atoms with E-state index in [0.717, 1.165) is 33.6 Å². The molecule has 0 bridgehead atoms. The number of hydrogen-bond donors (Lipinski definition) is 2.